The lowest BCUT2D eigenvalue weighted by Crippen LogP contribution is -2.31. The maximum atomic E-state index is 12.5. The molecule has 0 radical (unpaired) electrons. The van der Waals surface area contributed by atoms with E-state index in [-0.39, 0.29) is 5.91 Å². The van der Waals surface area contributed by atoms with Crippen molar-refractivity contribution < 1.29 is 9.21 Å². The molecule has 0 aliphatic carbocycles. The van der Waals surface area contributed by atoms with E-state index in [1.54, 1.807) is 0 Å². The van der Waals surface area contributed by atoms with Gasteiger partial charge in [0.25, 0.3) is 0 Å². The van der Waals surface area contributed by atoms with Crippen LogP contribution in [0.3, 0.4) is 0 Å². The third-order valence-electron chi connectivity index (χ3n) is 4.29. The molecule has 0 fully saturated rings. The summed E-state index contributed by atoms with van der Waals surface area (Å²) in [5, 5.41) is 8.41. The van der Waals surface area contributed by atoms with Crippen molar-refractivity contribution in [2.24, 2.45) is 0 Å². The van der Waals surface area contributed by atoms with E-state index in [0.29, 0.717) is 5.89 Å². The smallest absolute Gasteiger partial charge is 0.246 e. The van der Waals surface area contributed by atoms with Crippen molar-refractivity contribution in [3.8, 4) is 0 Å². The number of oxazole rings is 1. The van der Waals surface area contributed by atoms with E-state index in [4.69, 9.17) is 4.42 Å². The molecule has 130 valence electrons. The molecule has 0 aliphatic heterocycles. The number of aromatic nitrogens is 1. The Balaban J connectivity index is 1.47. The van der Waals surface area contributed by atoms with Crippen molar-refractivity contribution in [1.29, 1.82) is 0 Å². The monoisotopic (exact) mass is 345 g/mol. The first kappa shape index (κ1) is 16.1. The normalized spacial score (nSPS) is 12.2. The van der Waals surface area contributed by atoms with E-state index in [9.17, 15) is 4.79 Å². The van der Waals surface area contributed by atoms with Crippen LogP contribution in [0, 0.1) is 6.92 Å². The van der Waals surface area contributed by atoms with Crippen LogP contribution in [0.4, 0.5) is 11.4 Å². The lowest BCUT2D eigenvalue weighted by atomic mass is 10.1. The number of carbonyl (C=O) groups excluding carboxylic acids is 1. The largest absolute Gasteiger partial charge is 0.441 e. The molecule has 4 aromatic rings. The molecule has 0 bridgehead atoms. The molecule has 4 rings (SSSR count). The number of hydrogen-bond donors (Lipinski definition) is 2. The Labute approximate surface area is 151 Å². The van der Waals surface area contributed by atoms with Gasteiger partial charge in [0.05, 0.1) is 0 Å². The molecule has 0 spiro atoms. The topological polar surface area (TPSA) is 67.2 Å². The summed E-state index contributed by atoms with van der Waals surface area (Å²) >= 11 is 0. The minimum atomic E-state index is -0.396. The van der Waals surface area contributed by atoms with Crippen LogP contribution in [0.2, 0.25) is 0 Å². The van der Waals surface area contributed by atoms with Gasteiger partial charge in [-0.1, -0.05) is 30.3 Å². The van der Waals surface area contributed by atoms with Crippen LogP contribution in [-0.4, -0.2) is 16.9 Å². The fraction of sp³-hybridized carbons (Fsp3) is 0.143. The van der Waals surface area contributed by atoms with Gasteiger partial charge in [-0.3, -0.25) is 4.79 Å². The van der Waals surface area contributed by atoms with E-state index in [1.807, 2.05) is 74.5 Å². The molecular weight excluding hydrogens is 326 g/mol. The summed E-state index contributed by atoms with van der Waals surface area (Å²) in [6.07, 6.45) is 0. The maximum absolute atomic E-state index is 12.5. The Morgan fingerprint density at radius 2 is 1.77 bits per heavy atom. The summed E-state index contributed by atoms with van der Waals surface area (Å²) in [7, 11) is 0. The van der Waals surface area contributed by atoms with Crippen molar-refractivity contribution in [3.05, 3.63) is 66.6 Å². The molecular formula is C21H19N3O2. The Bertz CT molecular complexity index is 1100. The average molecular weight is 345 g/mol. The number of nitrogens with zero attached hydrogens (tertiary/aromatic N) is 1. The van der Waals surface area contributed by atoms with Gasteiger partial charge in [0.2, 0.25) is 5.91 Å². The molecule has 5 nitrogen and oxygen atoms in total. The van der Waals surface area contributed by atoms with Crippen molar-refractivity contribution in [2.45, 2.75) is 19.9 Å². The minimum absolute atomic E-state index is 0.100. The van der Waals surface area contributed by atoms with Gasteiger partial charge in [-0.15, -0.1) is 0 Å². The van der Waals surface area contributed by atoms with Gasteiger partial charge < -0.3 is 15.1 Å². The maximum Gasteiger partial charge on any atom is 0.246 e. The Morgan fingerprint density at radius 1 is 1.00 bits per heavy atom. The molecule has 0 saturated carbocycles. The third-order valence-corrected chi connectivity index (χ3v) is 4.29. The Kier molecular flexibility index (Phi) is 4.05. The van der Waals surface area contributed by atoms with E-state index >= 15 is 0 Å². The second-order valence-electron chi connectivity index (χ2n) is 6.33. The van der Waals surface area contributed by atoms with Gasteiger partial charge in [-0.2, -0.15) is 0 Å². The Hall–Kier alpha value is -3.34. The van der Waals surface area contributed by atoms with Crippen molar-refractivity contribution in [2.75, 3.05) is 10.6 Å². The second kappa shape index (κ2) is 6.52. The van der Waals surface area contributed by atoms with Crippen molar-refractivity contribution in [3.63, 3.8) is 0 Å². The van der Waals surface area contributed by atoms with Crippen molar-refractivity contribution >= 4 is 39.2 Å². The van der Waals surface area contributed by atoms with Crippen LogP contribution in [0.25, 0.3) is 21.9 Å². The molecule has 0 aliphatic rings. The van der Waals surface area contributed by atoms with Gasteiger partial charge in [-0.25, -0.2) is 4.98 Å². The van der Waals surface area contributed by atoms with Gasteiger partial charge in [-0.05, 0) is 48.0 Å². The highest BCUT2D eigenvalue weighted by atomic mass is 16.3. The molecule has 5 heteroatoms. The first-order valence-corrected chi connectivity index (χ1v) is 8.52. The zero-order valence-corrected chi connectivity index (χ0v) is 14.6. The van der Waals surface area contributed by atoms with Crippen molar-refractivity contribution in [1.82, 2.24) is 4.98 Å². The highest BCUT2D eigenvalue weighted by molar-refractivity contribution is 5.98. The number of aryl methyl sites for hydroxylation is 1. The summed E-state index contributed by atoms with van der Waals surface area (Å²) in [4.78, 5) is 16.8. The molecule has 1 aromatic heterocycles. The summed E-state index contributed by atoms with van der Waals surface area (Å²) < 4.78 is 5.47. The van der Waals surface area contributed by atoms with Crippen LogP contribution in [0.1, 0.15) is 12.8 Å². The third kappa shape index (κ3) is 3.24. The first-order valence-electron chi connectivity index (χ1n) is 8.52. The molecule has 26 heavy (non-hydrogen) atoms. The van der Waals surface area contributed by atoms with Gasteiger partial charge in [0, 0.05) is 18.3 Å². The fourth-order valence-electron chi connectivity index (χ4n) is 2.97. The molecule has 3 aromatic carbocycles. The summed E-state index contributed by atoms with van der Waals surface area (Å²) in [5.41, 5.74) is 3.12. The van der Waals surface area contributed by atoms with E-state index in [0.717, 1.165) is 33.2 Å². The number of anilines is 2. The standard InChI is InChI=1S/C21H19N3O2/c1-13(22-18-9-10-20-19(12-18)23-14(2)26-20)21(25)24-17-8-7-15-5-3-4-6-16(15)11-17/h3-13,22H,1-2H3,(H,24,25)/t13-/m0/s1. The number of fused-ring (bicyclic) bond motifs is 2. The molecule has 0 unspecified atom stereocenters. The zero-order valence-electron chi connectivity index (χ0n) is 14.6. The lowest BCUT2D eigenvalue weighted by Gasteiger charge is -2.15. The quantitative estimate of drug-likeness (QED) is 0.561. The number of rotatable bonds is 4. The minimum Gasteiger partial charge on any atom is -0.441 e. The molecule has 1 heterocycles. The van der Waals surface area contributed by atoms with E-state index < -0.39 is 6.04 Å². The number of hydrogen-bond acceptors (Lipinski definition) is 4. The van der Waals surface area contributed by atoms with Crippen LogP contribution in [0.15, 0.2) is 65.1 Å². The van der Waals surface area contributed by atoms with E-state index in [1.165, 1.54) is 0 Å². The molecule has 2 N–H and O–H groups in total. The number of amides is 1. The van der Waals surface area contributed by atoms with Crippen LogP contribution in [-0.2, 0) is 4.79 Å². The van der Waals surface area contributed by atoms with Crippen LogP contribution < -0.4 is 10.6 Å². The van der Waals surface area contributed by atoms with Gasteiger partial charge in [0.1, 0.15) is 11.6 Å². The molecule has 0 saturated heterocycles. The van der Waals surface area contributed by atoms with Crippen LogP contribution >= 0.6 is 0 Å². The average Bonchev–Trinajstić information content (AvgIpc) is 3.01. The number of nitrogens with one attached hydrogen (secondary N) is 2. The van der Waals surface area contributed by atoms with Crippen LogP contribution in [0.5, 0.6) is 0 Å². The highest BCUT2D eigenvalue weighted by Crippen LogP contribution is 2.21. The van der Waals surface area contributed by atoms with Gasteiger partial charge in [0.15, 0.2) is 11.5 Å². The first-order chi connectivity index (χ1) is 12.6. The molecule has 1 amide bonds. The lowest BCUT2D eigenvalue weighted by molar-refractivity contribution is -0.116. The highest BCUT2D eigenvalue weighted by Gasteiger charge is 2.14. The number of carbonyl (C=O) groups is 1. The Morgan fingerprint density at radius 3 is 2.62 bits per heavy atom. The zero-order chi connectivity index (χ0) is 18.1. The second-order valence-corrected chi connectivity index (χ2v) is 6.33. The van der Waals surface area contributed by atoms with Gasteiger partial charge >= 0.3 is 0 Å². The molecule has 1 atom stereocenters. The van der Waals surface area contributed by atoms with E-state index in [2.05, 4.69) is 15.6 Å². The SMILES string of the molecule is Cc1nc2cc(N[C@@H](C)C(=O)Nc3ccc4ccccc4c3)ccc2o1. The summed E-state index contributed by atoms with van der Waals surface area (Å²) in [6, 6.07) is 19.2. The summed E-state index contributed by atoms with van der Waals surface area (Å²) in [5.74, 6) is 0.524. The summed E-state index contributed by atoms with van der Waals surface area (Å²) in [6.45, 7) is 3.64. The number of benzene rings is 3. The predicted molar refractivity (Wildman–Crippen MR) is 104 cm³/mol. The fourth-order valence-corrected chi connectivity index (χ4v) is 2.97. The predicted octanol–water partition coefficient (Wildman–Crippen LogP) is 4.73.